The number of hydrogen-bond donors (Lipinski definition) is 0. The Morgan fingerprint density at radius 1 is 0.101 bits per heavy atom. The third kappa shape index (κ3) is 12.6. The first-order chi connectivity index (χ1) is 64.0. The molecule has 0 fully saturated rings. The second-order valence-electron chi connectivity index (χ2n) is 34.0. The van der Waals surface area contributed by atoms with Gasteiger partial charge in [-0.15, -0.1) is 0 Å². The van der Waals surface area contributed by atoms with Crippen LogP contribution in [0.4, 0.5) is 0 Å². The fraction of sp³-hybridized carbons (Fsp3) is 0. The fourth-order valence-electron chi connectivity index (χ4n) is 20.9. The van der Waals surface area contributed by atoms with Crippen molar-refractivity contribution in [2.45, 2.75) is 0 Å². The summed E-state index contributed by atoms with van der Waals surface area (Å²) in [6, 6.07) is 179. The third-order valence-corrected chi connectivity index (χ3v) is 27.0. The number of aromatic nitrogens is 3. The molecule has 0 aliphatic carbocycles. The van der Waals surface area contributed by atoms with Crippen LogP contribution in [0.25, 0.3) is 246 Å². The van der Waals surface area contributed by atoms with Crippen LogP contribution in [-0.4, -0.2) is 13.7 Å². The highest BCUT2D eigenvalue weighted by molar-refractivity contribution is 6.29. The van der Waals surface area contributed by atoms with Crippen molar-refractivity contribution in [3.63, 3.8) is 0 Å². The zero-order valence-electron chi connectivity index (χ0n) is 70.6. The zero-order chi connectivity index (χ0) is 85.0. The van der Waals surface area contributed by atoms with Gasteiger partial charge in [0.15, 0.2) is 0 Å². The molecule has 3 heteroatoms. The number of rotatable bonds is 9. The first kappa shape index (κ1) is 74.6. The van der Waals surface area contributed by atoms with Crippen LogP contribution in [0.3, 0.4) is 0 Å². The van der Waals surface area contributed by atoms with Crippen LogP contribution in [0.2, 0.25) is 0 Å². The number of hydrogen-bond acceptors (Lipinski definition) is 0. The molecule has 0 unspecified atom stereocenters. The Labute approximate surface area is 746 Å². The van der Waals surface area contributed by atoms with Gasteiger partial charge in [-0.05, 0) is 261 Å². The molecular formula is C126H81N3. The molecule has 3 nitrogen and oxygen atoms in total. The SMILES string of the molecule is c1ccc(-c2ccc(-n3c4ccccc4c4c(-c5ccc6c7ccccc7c7ccccc7c6c5)cccc43)cc2)cc1.c1ccc(-c2ccc(-n3c4ccccc4c4cc(-c5ccc6c7ccccc7c7ccccc7c6c5)ccc43)cc2)cc1.c1ccc(-c2ccc(-n3c4ccccc4c4ccc(-c5ccc6c7ccccc7c7ccccc7c6c5)cc43)cc2)cc1. The smallest absolute Gasteiger partial charge is 0.0547 e. The van der Waals surface area contributed by atoms with Crippen LogP contribution >= 0.6 is 0 Å². The van der Waals surface area contributed by atoms with Crippen LogP contribution < -0.4 is 0 Å². The molecule has 0 aliphatic heterocycles. The van der Waals surface area contributed by atoms with Gasteiger partial charge in [0.2, 0.25) is 0 Å². The summed E-state index contributed by atoms with van der Waals surface area (Å²) in [6.45, 7) is 0. The molecule has 0 bridgehead atoms. The van der Waals surface area contributed by atoms with E-state index in [-0.39, 0.29) is 0 Å². The largest absolute Gasteiger partial charge is 0.309 e. The lowest BCUT2D eigenvalue weighted by molar-refractivity contribution is 1.18. The van der Waals surface area contributed by atoms with Crippen LogP contribution in [0.15, 0.2) is 491 Å². The number of fused-ring (bicyclic) bond motifs is 27. The Bertz CT molecular complexity index is 8940. The summed E-state index contributed by atoms with van der Waals surface area (Å²) in [4.78, 5) is 0. The van der Waals surface area contributed by atoms with E-state index >= 15 is 0 Å². The zero-order valence-corrected chi connectivity index (χ0v) is 70.6. The van der Waals surface area contributed by atoms with Gasteiger partial charge in [-0.2, -0.15) is 0 Å². The van der Waals surface area contributed by atoms with Gasteiger partial charge in [-0.3, -0.25) is 0 Å². The van der Waals surface area contributed by atoms with Crippen molar-refractivity contribution < 1.29 is 0 Å². The summed E-state index contributed by atoms with van der Waals surface area (Å²) in [5, 5.41) is 31.1. The molecule has 0 spiro atoms. The lowest BCUT2D eigenvalue weighted by Gasteiger charge is -2.13. The maximum atomic E-state index is 2.41. The first-order valence-corrected chi connectivity index (χ1v) is 44.6. The topological polar surface area (TPSA) is 14.8 Å². The monoisotopic (exact) mass is 1640 g/mol. The molecule has 600 valence electrons. The first-order valence-electron chi connectivity index (χ1n) is 44.6. The van der Waals surface area contributed by atoms with E-state index in [1.165, 1.54) is 246 Å². The van der Waals surface area contributed by atoms with E-state index in [0.717, 1.165) is 0 Å². The standard InChI is InChI=1S/3C42H27N/c1-2-11-28(12-3-1)29-21-24-31(25-22-29)43-40-19-9-8-17-38(40)42-32(18-10-20-41(42)43)30-23-26-37-35-15-5-4-13-33(35)34-14-6-7-16-36(34)39(37)27-30;1-2-10-28(11-3-1)29-18-22-32(23-19-29)43-41-17-9-8-16-38(41)40-27-31(21-25-42(40)43)30-20-24-37-35-14-5-4-12-33(35)34-13-6-7-15-36(34)39(37)26-30;1-2-10-28(11-3-1)29-18-22-32(23-19-29)43-41-17-9-8-16-38(41)39-25-21-31(27-42(39)43)30-20-24-37-35-14-5-4-12-33(35)34-13-6-7-15-36(34)40(37)26-30/h3*1-27H. The van der Waals surface area contributed by atoms with Crippen LogP contribution in [0.1, 0.15) is 0 Å². The summed E-state index contributed by atoms with van der Waals surface area (Å²) in [6.07, 6.45) is 0. The quantitative estimate of drug-likeness (QED) is 0.128. The van der Waals surface area contributed by atoms with Crippen molar-refractivity contribution in [1.82, 2.24) is 13.7 Å². The normalized spacial score (nSPS) is 11.7. The van der Waals surface area contributed by atoms with E-state index in [4.69, 9.17) is 0 Å². The predicted molar refractivity (Wildman–Crippen MR) is 553 cm³/mol. The molecule has 0 saturated carbocycles. The van der Waals surface area contributed by atoms with Crippen LogP contribution in [0.5, 0.6) is 0 Å². The molecule has 27 rings (SSSR count). The van der Waals surface area contributed by atoms with E-state index in [9.17, 15) is 0 Å². The summed E-state index contributed by atoms with van der Waals surface area (Å²) in [5.74, 6) is 0. The predicted octanol–water partition coefficient (Wildman–Crippen LogP) is 34.7. The highest BCUT2D eigenvalue weighted by atomic mass is 15.0. The average molecular weight is 1640 g/mol. The van der Waals surface area contributed by atoms with E-state index in [1.54, 1.807) is 0 Å². The van der Waals surface area contributed by atoms with Gasteiger partial charge in [0.05, 0.1) is 33.1 Å². The van der Waals surface area contributed by atoms with Gasteiger partial charge in [-0.1, -0.05) is 394 Å². The molecule has 0 amide bonds. The summed E-state index contributed by atoms with van der Waals surface area (Å²) < 4.78 is 7.21. The molecule has 0 N–H and O–H groups in total. The Kier molecular flexibility index (Phi) is 18.0. The summed E-state index contributed by atoms with van der Waals surface area (Å²) >= 11 is 0. The number of nitrogens with zero attached hydrogens (tertiary/aromatic N) is 3. The maximum absolute atomic E-state index is 2.41. The second-order valence-corrected chi connectivity index (χ2v) is 34.0. The summed E-state index contributed by atoms with van der Waals surface area (Å²) in [5.41, 5.74) is 25.6. The lowest BCUT2D eigenvalue weighted by atomic mass is 9.91. The minimum absolute atomic E-state index is 1.17. The van der Waals surface area contributed by atoms with E-state index < -0.39 is 0 Å². The van der Waals surface area contributed by atoms with Crippen molar-refractivity contribution in [3.05, 3.63) is 491 Å². The van der Waals surface area contributed by atoms with Gasteiger partial charge in [0.25, 0.3) is 0 Å². The van der Waals surface area contributed by atoms with E-state index in [1.807, 2.05) is 0 Å². The molecule has 0 saturated heterocycles. The summed E-state index contributed by atoms with van der Waals surface area (Å²) in [7, 11) is 0. The Hall–Kier alpha value is -17.0. The van der Waals surface area contributed by atoms with Gasteiger partial charge in [0.1, 0.15) is 0 Å². The Balaban J connectivity index is 0.000000105. The molecule has 24 aromatic carbocycles. The molecule has 3 heterocycles. The van der Waals surface area contributed by atoms with Crippen molar-refractivity contribution in [2.75, 3.05) is 0 Å². The highest BCUT2D eigenvalue weighted by Crippen LogP contribution is 2.47. The Morgan fingerprint density at radius 3 is 0.698 bits per heavy atom. The second kappa shape index (κ2) is 31.1. The molecule has 0 atom stereocenters. The van der Waals surface area contributed by atoms with E-state index in [0.29, 0.717) is 0 Å². The fourth-order valence-corrected chi connectivity index (χ4v) is 20.9. The van der Waals surface area contributed by atoms with Gasteiger partial charge in [-0.25, -0.2) is 0 Å². The molecular weight excluding hydrogens is 1560 g/mol. The molecule has 27 aromatic rings. The lowest BCUT2D eigenvalue weighted by Crippen LogP contribution is -1.94. The van der Waals surface area contributed by atoms with E-state index in [2.05, 4.69) is 505 Å². The van der Waals surface area contributed by atoms with Crippen molar-refractivity contribution in [3.8, 4) is 83.8 Å². The van der Waals surface area contributed by atoms with Crippen molar-refractivity contribution in [1.29, 1.82) is 0 Å². The van der Waals surface area contributed by atoms with Crippen molar-refractivity contribution >= 4 is 162 Å². The van der Waals surface area contributed by atoms with Crippen molar-refractivity contribution in [2.24, 2.45) is 0 Å². The minimum atomic E-state index is 1.17. The molecule has 0 aliphatic rings. The van der Waals surface area contributed by atoms with Crippen LogP contribution in [-0.2, 0) is 0 Å². The number of para-hydroxylation sites is 3. The van der Waals surface area contributed by atoms with Gasteiger partial charge >= 0.3 is 0 Å². The maximum Gasteiger partial charge on any atom is 0.0547 e. The van der Waals surface area contributed by atoms with Gasteiger partial charge in [0, 0.05) is 49.4 Å². The minimum Gasteiger partial charge on any atom is -0.309 e. The third-order valence-electron chi connectivity index (χ3n) is 27.0. The molecule has 0 radical (unpaired) electrons. The van der Waals surface area contributed by atoms with Gasteiger partial charge < -0.3 is 13.7 Å². The average Bonchev–Trinajstić information content (AvgIpc) is 1.68. The molecule has 129 heavy (non-hydrogen) atoms. The molecule has 3 aromatic heterocycles. The Morgan fingerprint density at radius 2 is 0.318 bits per heavy atom. The number of benzene rings is 24. The highest BCUT2D eigenvalue weighted by Gasteiger charge is 2.22. The van der Waals surface area contributed by atoms with Crippen LogP contribution in [0, 0.1) is 0 Å².